The van der Waals surface area contributed by atoms with E-state index in [1.807, 2.05) is 67.7 Å². The molecule has 0 amide bonds. The maximum absolute atomic E-state index is 11.4. The third-order valence-corrected chi connectivity index (χ3v) is 4.43. The Balaban J connectivity index is 2.27. The van der Waals surface area contributed by atoms with E-state index in [-0.39, 0.29) is 11.5 Å². The normalized spacial score (nSPS) is 13.9. The molecule has 0 aliphatic carbocycles. The summed E-state index contributed by atoms with van der Waals surface area (Å²) >= 11 is 0. The van der Waals surface area contributed by atoms with Gasteiger partial charge in [0.25, 0.3) is 0 Å². The highest BCUT2D eigenvalue weighted by atomic mass is 16.6. The van der Waals surface area contributed by atoms with E-state index in [1.54, 1.807) is 0 Å². The molecule has 0 aliphatic rings. The van der Waals surface area contributed by atoms with E-state index >= 15 is 0 Å². The van der Waals surface area contributed by atoms with E-state index < -0.39 is 5.41 Å². The number of H-pyrrole nitrogens is 1. The number of hydrogen-bond donors (Lipinski definition) is 1. The van der Waals surface area contributed by atoms with Gasteiger partial charge in [0.15, 0.2) is 0 Å². The number of rotatable bonds is 5. The fourth-order valence-electron chi connectivity index (χ4n) is 3.28. The van der Waals surface area contributed by atoms with Gasteiger partial charge < -0.3 is 4.98 Å². The van der Waals surface area contributed by atoms with E-state index in [2.05, 4.69) is 4.98 Å². The zero-order chi connectivity index (χ0) is 15.6. The van der Waals surface area contributed by atoms with Crippen molar-refractivity contribution in [3.8, 4) is 0 Å². The molecule has 0 fully saturated rings. The maximum Gasteiger partial charge on any atom is 0.217 e. The van der Waals surface area contributed by atoms with Crippen molar-refractivity contribution in [3.63, 3.8) is 0 Å². The Hall–Kier alpha value is -2.62. The predicted molar refractivity (Wildman–Crippen MR) is 87.7 cm³/mol. The van der Waals surface area contributed by atoms with Crippen LogP contribution in [0.15, 0.2) is 60.8 Å². The highest BCUT2D eigenvalue weighted by Crippen LogP contribution is 2.39. The summed E-state index contributed by atoms with van der Waals surface area (Å²) in [5.41, 5.74) is 2.37. The van der Waals surface area contributed by atoms with Crippen LogP contribution in [-0.4, -0.2) is 16.5 Å². The minimum absolute atomic E-state index is 0.116. The highest BCUT2D eigenvalue weighted by molar-refractivity contribution is 5.85. The molecule has 3 rings (SSSR count). The second-order valence-corrected chi connectivity index (χ2v) is 5.54. The smallest absolute Gasteiger partial charge is 0.217 e. The van der Waals surface area contributed by atoms with Crippen LogP contribution in [0.1, 0.15) is 24.5 Å². The van der Waals surface area contributed by atoms with Gasteiger partial charge in [0.1, 0.15) is 0 Å². The molecule has 0 saturated carbocycles. The number of para-hydroxylation sites is 1. The molecule has 3 aromatic rings. The average Bonchev–Trinajstić information content (AvgIpc) is 2.98. The Kier molecular flexibility index (Phi) is 3.67. The molecule has 112 valence electrons. The summed E-state index contributed by atoms with van der Waals surface area (Å²) in [5.74, 6) is 0. The van der Waals surface area contributed by atoms with Gasteiger partial charge >= 0.3 is 0 Å². The number of nitro groups is 1. The van der Waals surface area contributed by atoms with Crippen molar-refractivity contribution in [2.24, 2.45) is 0 Å². The SMILES string of the molecule is CC[C@](C[N+](=O)[O-])(c1ccccc1)c1c[nH]c2ccccc12. The van der Waals surface area contributed by atoms with Crippen molar-refractivity contribution in [1.29, 1.82) is 0 Å². The van der Waals surface area contributed by atoms with Gasteiger partial charge in [-0.3, -0.25) is 10.1 Å². The molecule has 0 saturated heterocycles. The molecule has 0 bridgehead atoms. The monoisotopic (exact) mass is 294 g/mol. The lowest BCUT2D eigenvalue weighted by Gasteiger charge is -2.29. The van der Waals surface area contributed by atoms with Gasteiger partial charge in [-0.25, -0.2) is 0 Å². The van der Waals surface area contributed by atoms with E-state index in [0.717, 1.165) is 22.0 Å². The molecule has 1 atom stereocenters. The standard InChI is InChI=1S/C18H18N2O2/c1-2-18(13-20(21)22,14-8-4-3-5-9-14)16-12-19-17-11-7-6-10-15(16)17/h3-12,19H,2,13H2,1H3/t18-/m0/s1. The molecule has 4 nitrogen and oxygen atoms in total. The lowest BCUT2D eigenvalue weighted by Crippen LogP contribution is -2.35. The Morgan fingerprint density at radius 3 is 2.45 bits per heavy atom. The summed E-state index contributed by atoms with van der Waals surface area (Å²) in [4.78, 5) is 14.4. The molecule has 22 heavy (non-hydrogen) atoms. The second-order valence-electron chi connectivity index (χ2n) is 5.54. The van der Waals surface area contributed by atoms with Crippen LogP contribution in [0.3, 0.4) is 0 Å². The molecule has 1 aromatic heterocycles. The molecule has 0 aliphatic heterocycles. The van der Waals surface area contributed by atoms with E-state index in [4.69, 9.17) is 0 Å². The van der Waals surface area contributed by atoms with Gasteiger partial charge in [-0.1, -0.05) is 55.5 Å². The Morgan fingerprint density at radius 1 is 1.09 bits per heavy atom. The molecule has 0 spiro atoms. The zero-order valence-electron chi connectivity index (χ0n) is 12.5. The van der Waals surface area contributed by atoms with Gasteiger partial charge in [-0.2, -0.15) is 0 Å². The summed E-state index contributed by atoms with van der Waals surface area (Å²) in [6, 6.07) is 17.7. The number of benzene rings is 2. The zero-order valence-corrected chi connectivity index (χ0v) is 12.5. The van der Waals surface area contributed by atoms with Crippen LogP contribution in [0.5, 0.6) is 0 Å². The summed E-state index contributed by atoms with van der Waals surface area (Å²) < 4.78 is 0. The summed E-state index contributed by atoms with van der Waals surface area (Å²) in [6.45, 7) is 1.90. The van der Waals surface area contributed by atoms with Crippen molar-refractivity contribution >= 4 is 10.9 Å². The molecular formula is C18H18N2O2. The molecule has 2 aromatic carbocycles. The van der Waals surface area contributed by atoms with E-state index in [9.17, 15) is 10.1 Å². The Morgan fingerprint density at radius 2 is 1.77 bits per heavy atom. The first-order valence-electron chi connectivity index (χ1n) is 7.41. The van der Waals surface area contributed by atoms with Gasteiger partial charge in [0.2, 0.25) is 6.54 Å². The summed E-state index contributed by atoms with van der Waals surface area (Å²) in [6.07, 6.45) is 2.59. The van der Waals surface area contributed by atoms with Gasteiger partial charge in [-0.15, -0.1) is 0 Å². The maximum atomic E-state index is 11.4. The first kappa shape index (κ1) is 14.3. The third-order valence-electron chi connectivity index (χ3n) is 4.43. The molecule has 1 heterocycles. The summed E-state index contributed by atoms with van der Waals surface area (Å²) in [5, 5.41) is 12.4. The lowest BCUT2D eigenvalue weighted by atomic mass is 9.72. The van der Waals surface area contributed by atoms with Crippen LogP contribution >= 0.6 is 0 Å². The van der Waals surface area contributed by atoms with Crippen LogP contribution < -0.4 is 0 Å². The van der Waals surface area contributed by atoms with Gasteiger partial charge in [-0.05, 0) is 23.6 Å². The lowest BCUT2D eigenvalue weighted by molar-refractivity contribution is -0.489. The van der Waals surface area contributed by atoms with Crippen molar-refractivity contribution in [2.45, 2.75) is 18.8 Å². The second kappa shape index (κ2) is 5.64. The number of aromatic nitrogens is 1. The van der Waals surface area contributed by atoms with Crippen molar-refractivity contribution < 1.29 is 4.92 Å². The van der Waals surface area contributed by atoms with E-state index in [0.29, 0.717) is 6.42 Å². The number of nitrogens with zero attached hydrogens (tertiary/aromatic N) is 1. The van der Waals surface area contributed by atoms with Crippen LogP contribution in [-0.2, 0) is 5.41 Å². The fourth-order valence-corrected chi connectivity index (χ4v) is 3.28. The quantitative estimate of drug-likeness (QED) is 0.568. The summed E-state index contributed by atoms with van der Waals surface area (Å²) in [7, 11) is 0. The minimum Gasteiger partial charge on any atom is -0.361 e. The third kappa shape index (κ3) is 2.26. The largest absolute Gasteiger partial charge is 0.361 e. The Bertz CT molecular complexity index is 795. The van der Waals surface area contributed by atoms with Crippen molar-refractivity contribution in [1.82, 2.24) is 4.98 Å². The average molecular weight is 294 g/mol. The minimum atomic E-state index is -0.621. The predicted octanol–water partition coefficient (Wildman–Crippen LogP) is 4.14. The topological polar surface area (TPSA) is 58.9 Å². The van der Waals surface area contributed by atoms with E-state index in [1.165, 1.54) is 0 Å². The van der Waals surface area contributed by atoms with Crippen molar-refractivity contribution in [3.05, 3.63) is 82.0 Å². The van der Waals surface area contributed by atoms with Crippen molar-refractivity contribution in [2.75, 3.05) is 6.54 Å². The number of hydrogen-bond acceptors (Lipinski definition) is 2. The molecule has 1 N–H and O–H groups in total. The van der Waals surface area contributed by atoms with Crippen LogP contribution in [0, 0.1) is 10.1 Å². The number of fused-ring (bicyclic) bond motifs is 1. The first-order valence-corrected chi connectivity index (χ1v) is 7.41. The Labute approximate surface area is 128 Å². The van der Waals surface area contributed by atoms with Crippen LogP contribution in [0.2, 0.25) is 0 Å². The molecular weight excluding hydrogens is 276 g/mol. The highest BCUT2D eigenvalue weighted by Gasteiger charge is 2.39. The first-order chi connectivity index (χ1) is 10.7. The molecule has 0 radical (unpaired) electrons. The van der Waals surface area contributed by atoms with Gasteiger partial charge in [0, 0.05) is 22.0 Å². The number of aromatic amines is 1. The number of nitrogens with one attached hydrogen (secondary N) is 1. The molecule has 4 heteroatoms. The van der Waals surface area contributed by atoms with Crippen LogP contribution in [0.4, 0.5) is 0 Å². The van der Waals surface area contributed by atoms with Crippen LogP contribution in [0.25, 0.3) is 10.9 Å². The molecule has 0 unspecified atom stereocenters. The fraction of sp³-hybridized carbons (Fsp3) is 0.222. The van der Waals surface area contributed by atoms with Gasteiger partial charge in [0.05, 0.1) is 5.41 Å².